The van der Waals surface area contributed by atoms with Crippen LogP contribution in [0.25, 0.3) is 0 Å². The number of amides is 2. The van der Waals surface area contributed by atoms with Gasteiger partial charge in [-0.1, -0.05) is 32.0 Å². The fraction of sp³-hybridized carbons (Fsp3) is 0.263. The molecule has 2 aromatic carbocycles. The van der Waals surface area contributed by atoms with E-state index in [1.165, 1.54) is 11.8 Å². The van der Waals surface area contributed by atoms with Crippen molar-refractivity contribution in [3.8, 4) is 0 Å². The molecule has 0 radical (unpaired) electrons. The molecule has 0 aliphatic carbocycles. The second kappa shape index (κ2) is 7.09. The summed E-state index contributed by atoms with van der Waals surface area (Å²) in [5.74, 6) is 0.590. The molecule has 4 nitrogen and oxygen atoms in total. The van der Waals surface area contributed by atoms with Crippen molar-refractivity contribution in [3.63, 3.8) is 0 Å². The minimum atomic E-state index is -0.168. The highest BCUT2D eigenvalue weighted by Gasteiger charge is 2.18. The Kier molecular flexibility index (Phi) is 4.90. The molecular weight excluding hydrogens is 320 g/mol. The van der Waals surface area contributed by atoms with Crippen LogP contribution in [0, 0.1) is 0 Å². The van der Waals surface area contributed by atoms with Crippen LogP contribution in [0.1, 0.15) is 42.1 Å². The molecule has 0 aromatic heterocycles. The summed E-state index contributed by atoms with van der Waals surface area (Å²) in [5, 5.41) is 5.82. The predicted molar refractivity (Wildman–Crippen MR) is 98.9 cm³/mol. The van der Waals surface area contributed by atoms with Gasteiger partial charge in [0.25, 0.3) is 5.91 Å². The largest absolute Gasteiger partial charge is 0.324 e. The van der Waals surface area contributed by atoms with Gasteiger partial charge in [0.2, 0.25) is 5.91 Å². The Labute approximate surface area is 146 Å². The fourth-order valence-electron chi connectivity index (χ4n) is 2.68. The molecule has 2 aromatic rings. The van der Waals surface area contributed by atoms with Gasteiger partial charge in [0.15, 0.2) is 0 Å². The number of carbonyl (C=O) groups excluding carboxylic acids is 2. The Bertz CT molecular complexity index is 789. The standard InChI is InChI=1S/C19H20N2O2S/c1-3-12(2)14-6-4-5-7-15(14)21-19(23)13-8-9-17-16(10-13)20-18(22)11-24-17/h4-10,12H,3,11H2,1-2H3,(H,20,22)(H,21,23). The summed E-state index contributed by atoms with van der Waals surface area (Å²) in [6.07, 6.45) is 1.01. The molecule has 1 aliphatic rings. The number of anilines is 2. The van der Waals surface area contributed by atoms with Crippen molar-refractivity contribution < 1.29 is 9.59 Å². The van der Waals surface area contributed by atoms with Crippen molar-refractivity contribution in [2.45, 2.75) is 31.1 Å². The molecule has 0 saturated heterocycles. The maximum absolute atomic E-state index is 12.6. The Hall–Kier alpha value is -2.27. The van der Waals surface area contributed by atoms with Gasteiger partial charge >= 0.3 is 0 Å². The van der Waals surface area contributed by atoms with Gasteiger partial charge in [-0.25, -0.2) is 0 Å². The first kappa shape index (κ1) is 16.6. The Balaban J connectivity index is 1.84. The number of nitrogens with one attached hydrogen (secondary N) is 2. The molecule has 0 spiro atoms. The second-order valence-corrected chi connectivity index (χ2v) is 6.92. The lowest BCUT2D eigenvalue weighted by Crippen LogP contribution is -2.20. The van der Waals surface area contributed by atoms with Gasteiger partial charge in [-0.2, -0.15) is 0 Å². The third-order valence-electron chi connectivity index (χ3n) is 4.23. The molecule has 5 heteroatoms. The van der Waals surface area contributed by atoms with Gasteiger partial charge < -0.3 is 10.6 Å². The fourth-order valence-corrected chi connectivity index (χ4v) is 3.47. The first-order chi connectivity index (χ1) is 11.6. The molecule has 2 N–H and O–H groups in total. The molecule has 0 fully saturated rings. The molecule has 1 heterocycles. The summed E-state index contributed by atoms with van der Waals surface area (Å²) in [4.78, 5) is 25.1. The summed E-state index contributed by atoms with van der Waals surface area (Å²) in [6.45, 7) is 4.28. The van der Waals surface area contributed by atoms with Crippen LogP contribution in [0.2, 0.25) is 0 Å². The van der Waals surface area contributed by atoms with Gasteiger partial charge in [0.05, 0.1) is 11.4 Å². The molecule has 1 aliphatic heterocycles. The average Bonchev–Trinajstić information content (AvgIpc) is 2.60. The SMILES string of the molecule is CCC(C)c1ccccc1NC(=O)c1ccc2c(c1)NC(=O)CS2. The van der Waals surface area contributed by atoms with Gasteiger partial charge in [-0.3, -0.25) is 9.59 Å². The Morgan fingerprint density at radius 2 is 2.08 bits per heavy atom. The number of carbonyl (C=O) groups is 2. The summed E-state index contributed by atoms with van der Waals surface area (Å²) in [5.41, 5.74) is 3.22. The van der Waals surface area contributed by atoms with Crippen LogP contribution in [-0.4, -0.2) is 17.6 Å². The highest BCUT2D eigenvalue weighted by molar-refractivity contribution is 8.00. The number of thioether (sulfide) groups is 1. The van der Waals surface area contributed by atoms with Crippen LogP contribution < -0.4 is 10.6 Å². The number of para-hydroxylation sites is 1. The highest BCUT2D eigenvalue weighted by Crippen LogP contribution is 2.32. The minimum Gasteiger partial charge on any atom is -0.324 e. The molecule has 1 unspecified atom stereocenters. The molecule has 124 valence electrons. The average molecular weight is 340 g/mol. The monoisotopic (exact) mass is 340 g/mol. The van der Waals surface area contributed by atoms with Crippen LogP contribution in [0.3, 0.4) is 0 Å². The molecule has 24 heavy (non-hydrogen) atoms. The van der Waals surface area contributed by atoms with Crippen molar-refractivity contribution in [3.05, 3.63) is 53.6 Å². The van der Waals surface area contributed by atoms with E-state index in [0.29, 0.717) is 22.9 Å². The Morgan fingerprint density at radius 3 is 2.88 bits per heavy atom. The summed E-state index contributed by atoms with van der Waals surface area (Å²) < 4.78 is 0. The third-order valence-corrected chi connectivity index (χ3v) is 5.30. The summed E-state index contributed by atoms with van der Waals surface area (Å²) in [7, 11) is 0. The number of benzene rings is 2. The molecule has 2 amide bonds. The normalized spacial score (nSPS) is 14.5. The van der Waals surface area contributed by atoms with Crippen molar-refractivity contribution in [2.75, 3.05) is 16.4 Å². The first-order valence-corrected chi connectivity index (χ1v) is 9.04. The van der Waals surface area contributed by atoms with E-state index in [1.807, 2.05) is 30.3 Å². The summed E-state index contributed by atoms with van der Waals surface area (Å²) >= 11 is 1.49. The van der Waals surface area contributed by atoms with Crippen LogP contribution >= 0.6 is 11.8 Å². The maximum Gasteiger partial charge on any atom is 0.255 e. The van der Waals surface area contributed by atoms with E-state index in [4.69, 9.17) is 0 Å². The molecule has 0 bridgehead atoms. The van der Waals surface area contributed by atoms with E-state index in [1.54, 1.807) is 12.1 Å². The quantitative estimate of drug-likeness (QED) is 0.862. The van der Waals surface area contributed by atoms with Crippen molar-refractivity contribution >= 4 is 35.0 Å². The Morgan fingerprint density at radius 1 is 1.29 bits per heavy atom. The van der Waals surface area contributed by atoms with E-state index in [9.17, 15) is 9.59 Å². The first-order valence-electron chi connectivity index (χ1n) is 8.05. The zero-order valence-electron chi connectivity index (χ0n) is 13.8. The van der Waals surface area contributed by atoms with E-state index < -0.39 is 0 Å². The molecule has 3 rings (SSSR count). The highest BCUT2D eigenvalue weighted by atomic mass is 32.2. The lowest BCUT2D eigenvalue weighted by molar-refractivity contribution is -0.113. The van der Waals surface area contributed by atoms with E-state index in [-0.39, 0.29) is 11.8 Å². The van der Waals surface area contributed by atoms with Crippen molar-refractivity contribution in [1.82, 2.24) is 0 Å². The van der Waals surface area contributed by atoms with Gasteiger partial charge in [0.1, 0.15) is 0 Å². The molecular formula is C19H20N2O2S. The van der Waals surface area contributed by atoms with E-state index >= 15 is 0 Å². The van der Waals surface area contributed by atoms with Crippen LogP contribution in [0.15, 0.2) is 47.4 Å². The van der Waals surface area contributed by atoms with Crippen molar-refractivity contribution in [1.29, 1.82) is 0 Å². The number of hydrogen-bond donors (Lipinski definition) is 2. The zero-order chi connectivity index (χ0) is 17.1. The van der Waals surface area contributed by atoms with E-state index in [0.717, 1.165) is 22.6 Å². The maximum atomic E-state index is 12.6. The van der Waals surface area contributed by atoms with Crippen LogP contribution in [0.4, 0.5) is 11.4 Å². The van der Waals surface area contributed by atoms with Gasteiger partial charge in [-0.15, -0.1) is 11.8 Å². The smallest absolute Gasteiger partial charge is 0.255 e. The lowest BCUT2D eigenvalue weighted by atomic mass is 9.97. The summed E-state index contributed by atoms with van der Waals surface area (Å²) in [6, 6.07) is 13.3. The second-order valence-electron chi connectivity index (χ2n) is 5.90. The number of hydrogen-bond acceptors (Lipinski definition) is 3. The van der Waals surface area contributed by atoms with Crippen LogP contribution in [-0.2, 0) is 4.79 Å². The van der Waals surface area contributed by atoms with Crippen molar-refractivity contribution in [2.24, 2.45) is 0 Å². The minimum absolute atomic E-state index is 0.0350. The molecule has 0 saturated carbocycles. The third kappa shape index (κ3) is 3.46. The van der Waals surface area contributed by atoms with Gasteiger partial charge in [-0.05, 0) is 42.2 Å². The lowest BCUT2D eigenvalue weighted by Gasteiger charge is -2.18. The number of rotatable bonds is 4. The number of fused-ring (bicyclic) bond motifs is 1. The predicted octanol–water partition coefficient (Wildman–Crippen LogP) is 4.50. The van der Waals surface area contributed by atoms with E-state index in [2.05, 4.69) is 24.5 Å². The molecule has 1 atom stereocenters. The topological polar surface area (TPSA) is 58.2 Å². The van der Waals surface area contributed by atoms with Gasteiger partial charge in [0, 0.05) is 16.1 Å². The zero-order valence-corrected chi connectivity index (χ0v) is 14.6. The van der Waals surface area contributed by atoms with Crippen LogP contribution in [0.5, 0.6) is 0 Å².